The van der Waals surface area contributed by atoms with Crippen molar-refractivity contribution in [2.24, 2.45) is 0 Å². The van der Waals surface area contributed by atoms with Crippen molar-refractivity contribution in [2.75, 3.05) is 4.90 Å². The first kappa shape index (κ1) is 36.8. The first-order valence-electron chi connectivity index (χ1n) is 20.4. The lowest BCUT2D eigenvalue weighted by Crippen LogP contribution is -2.62. The predicted molar refractivity (Wildman–Crippen MR) is 251 cm³/mol. The van der Waals surface area contributed by atoms with Crippen LogP contribution < -0.4 is 37.7 Å². The standard InChI is InChI=1S/C51H45B2NS3/c1-31(2)34-25-38(32(3)4)50(39(26-34)33(5)6)52-40-21-13-15-23-44(40)55-46-30-47-43(29-42(46)52)53-41-22-14-16-24-45(41)56-48-27-37(28-49(57-47)51(48)53)54(35-17-9-7-10-18-35)36-19-11-8-12-20-36/h7-33H,1-6H3. The first-order chi connectivity index (χ1) is 27.7. The molecule has 0 aromatic heterocycles. The van der Waals surface area contributed by atoms with Crippen LogP contribution >= 0.6 is 35.3 Å². The van der Waals surface area contributed by atoms with Crippen LogP contribution in [-0.2, 0) is 0 Å². The minimum absolute atomic E-state index is 0.158. The molecule has 10 rings (SSSR count). The summed E-state index contributed by atoms with van der Waals surface area (Å²) in [4.78, 5) is 10.6. The Morgan fingerprint density at radius 3 is 1.30 bits per heavy atom. The Labute approximate surface area is 352 Å². The normalized spacial score (nSPS) is 13.6. The summed E-state index contributed by atoms with van der Waals surface area (Å²) in [5.41, 5.74) is 16.7. The summed E-state index contributed by atoms with van der Waals surface area (Å²) in [6.45, 7) is 14.6. The monoisotopic (exact) mass is 789 g/mol. The van der Waals surface area contributed by atoms with Gasteiger partial charge < -0.3 is 4.90 Å². The molecule has 3 aliphatic rings. The highest BCUT2D eigenvalue weighted by atomic mass is 32.2. The molecule has 7 aromatic carbocycles. The lowest BCUT2D eigenvalue weighted by Gasteiger charge is -2.37. The smallest absolute Gasteiger partial charge is 0.247 e. The molecule has 6 heteroatoms. The summed E-state index contributed by atoms with van der Waals surface area (Å²) in [7, 11) is 0. The van der Waals surface area contributed by atoms with E-state index in [0.29, 0.717) is 17.8 Å². The largest absolute Gasteiger partial charge is 0.310 e. The fraction of sp³-hybridized carbons (Fsp3) is 0.176. The SMILES string of the molecule is CC(C)c1cc(C(C)C)c(B2c3ccccc3Sc3cc4c(cc32)B2c3ccccc3Sc3cc(N(c5ccccc5)c5ccccc5)cc(c32)S4)c(C(C)C)c1. The third-order valence-electron chi connectivity index (χ3n) is 12.0. The van der Waals surface area contributed by atoms with Gasteiger partial charge in [0.25, 0.3) is 0 Å². The number of fused-ring (bicyclic) bond motifs is 6. The zero-order chi connectivity index (χ0) is 38.9. The second kappa shape index (κ2) is 14.7. The third-order valence-corrected chi connectivity index (χ3v) is 15.5. The van der Waals surface area contributed by atoms with Crippen LogP contribution in [0.25, 0.3) is 0 Å². The van der Waals surface area contributed by atoms with Gasteiger partial charge in [-0.2, -0.15) is 0 Å². The number of anilines is 3. The van der Waals surface area contributed by atoms with Crippen molar-refractivity contribution in [1.82, 2.24) is 0 Å². The molecule has 0 amide bonds. The van der Waals surface area contributed by atoms with E-state index in [1.165, 1.54) is 84.5 Å². The Balaban J connectivity index is 1.20. The molecule has 3 aliphatic heterocycles. The number of hydrogen-bond donors (Lipinski definition) is 0. The van der Waals surface area contributed by atoms with E-state index in [-0.39, 0.29) is 13.4 Å². The Bertz CT molecular complexity index is 2600. The Hall–Kier alpha value is -4.48. The lowest BCUT2D eigenvalue weighted by molar-refractivity contribution is 0.812. The highest BCUT2D eigenvalue weighted by Gasteiger charge is 2.42. The first-order valence-corrected chi connectivity index (χ1v) is 22.8. The van der Waals surface area contributed by atoms with Gasteiger partial charge in [0.05, 0.1) is 0 Å². The zero-order valence-electron chi connectivity index (χ0n) is 33.4. The highest BCUT2D eigenvalue weighted by molar-refractivity contribution is 8.01. The number of rotatable bonds is 7. The van der Waals surface area contributed by atoms with Crippen molar-refractivity contribution < 1.29 is 0 Å². The van der Waals surface area contributed by atoms with Gasteiger partial charge in [-0.3, -0.25) is 0 Å². The zero-order valence-corrected chi connectivity index (χ0v) is 35.9. The molecular formula is C51H45B2NS3. The van der Waals surface area contributed by atoms with Gasteiger partial charge in [0.2, 0.25) is 13.4 Å². The van der Waals surface area contributed by atoms with Crippen LogP contribution in [0, 0.1) is 0 Å². The molecule has 278 valence electrons. The average molecular weight is 790 g/mol. The minimum Gasteiger partial charge on any atom is -0.310 e. The second-order valence-corrected chi connectivity index (χ2v) is 19.9. The summed E-state index contributed by atoms with van der Waals surface area (Å²) in [5.74, 6) is 1.30. The van der Waals surface area contributed by atoms with Gasteiger partial charge in [0.1, 0.15) is 0 Å². The van der Waals surface area contributed by atoms with E-state index in [4.69, 9.17) is 0 Å². The van der Waals surface area contributed by atoms with Crippen LogP contribution in [0.15, 0.2) is 175 Å². The maximum Gasteiger partial charge on any atom is 0.247 e. The number of hydrogen-bond acceptors (Lipinski definition) is 4. The molecule has 57 heavy (non-hydrogen) atoms. The topological polar surface area (TPSA) is 3.24 Å². The highest BCUT2D eigenvalue weighted by Crippen LogP contribution is 2.45. The molecule has 0 bridgehead atoms. The van der Waals surface area contributed by atoms with E-state index in [9.17, 15) is 0 Å². The van der Waals surface area contributed by atoms with Crippen LogP contribution in [-0.4, -0.2) is 13.4 Å². The molecule has 0 unspecified atom stereocenters. The molecule has 0 saturated carbocycles. The van der Waals surface area contributed by atoms with Crippen molar-refractivity contribution in [1.29, 1.82) is 0 Å². The summed E-state index contributed by atoms with van der Waals surface area (Å²) >= 11 is 5.86. The second-order valence-electron chi connectivity index (χ2n) is 16.6. The van der Waals surface area contributed by atoms with Crippen LogP contribution in [0.5, 0.6) is 0 Å². The lowest BCUT2D eigenvalue weighted by atomic mass is 9.32. The van der Waals surface area contributed by atoms with E-state index >= 15 is 0 Å². The van der Waals surface area contributed by atoms with Gasteiger partial charge in [-0.15, -0.1) is 0 Å². The molecular weight excluding hydrogens is 744 g/mol. The molecule has 0 atom stereocenters. The van der Waals surface area contributed by atoms with Crippen molar-refractivity contribution in [3.63, 3.8) is 0 Å². The third kappa shape index (κ3) is 6.31. The quantitative estimate of drug-likeness (QED) is 0.148. The number of nitrogens with zero attached hydrogens (tertiary/aromatic N) is 1. The van der Waals surface area contributed by atoms with Gasteiger partial charge in [-0.25, -0.2) is 0 Å². The Morgan fingerprint density at radius 2 is 0.807 bits per heavy atom. The van der Waals surface area contributed by atoms with E-state index in [1.807, 2.05) is 35.3 Å². The summed E-state index contributed by atoms with van der Waals surface area (Å²) in [5, 5.41) is 0. The van der Waals surface area contributed by atoms with Crippen molar-refractivity contribution >= 4 is 98.6 Å². The van der Waals surface area contributed by atoms with Gasteiger partial charge in [-0.1, -0.05) is 195 Å². The molecule has 0 aliphatic carbocycles. The fourth-order valence-electron chi connectivity index (χ4n) is 9.28. The molecule has 0 saturated heterocycles. The molecule has 1 nitrogen and oxygen atoms in total. The van der Waals surface area contributed by atoms with E-state index < -0.39 is 0 Å². The Kier molecular flexibility index (Phi) is 9.51. The van der Waals surface area contributed by atoms with E-state index in [0.717, 1.165) is 11.4 Å². The van der Waals surface area contributed by atoms with Crippen molar-refractivity contribution in [3.8, 4) is 0 Å². The molecule has 7 aromatic rings. The summed E-state index contributed by atoms with van der Waals surface area (Å²) in [6.07, 6.45) is 0. The fourth-order valence-corrected chi connectivity index (χ4v) is 13.0. The van der Waals surface area contributed by atoms with Gasteiger partial charge in [0.15, 0.2) is 0 Å². The van der Waals surface area contributed by atoms with Gasteiger partial charge >= 0.3 is 0 Å². The summed E-state index contributed by atoms with van der Waals surface area (Å²) < 4.78 is 0. The molecule has 0 spiro atoms. The van der Waals surface area contributed by atoms with Crippen LogP contribution in [0.2, 0.25) is 0 Å². The summed E-state index contributed by atoms with van der Waals surface area (Å²) in [6, 6.07) is 55.2. The van der Waals surface area contributed by atoms with Crippen molar-refractivity contribution in [2.45, 2.75) is 88.7 Å². The van der Waals surface area contributed by atoms with Crippen LogP contribution in [0.4, 0.5) is 17.1 Å². The maximum absolute atomic E-state index is 2.65. The molecule has 0 fully saturated rings. The minimum atomic E-state index is 0.158. The van der Waals surface area contributed by atoms with Crippen molar-refractivity contribution in [3.05, 3.63) is 162 Å². The molecule has 0 N–H and O–H groups in total. The number of para-hydroxylation sites is 2. The van der Waals surface area contributed by atoms with E-state index in [1.54, 1.807) is 0 Å². The van der Waals surface area contributed by atoms with Gasteiger partial charge in [0, 0.05) is 46.4 Å². The van der Waals surface area contributed by atoms with E-state index in [2.05, 4.69) is 192 Å². The Morgan fingerprint density at radius 1 is 0.368 bits per heavy atom. The maximum atomic E-state index is 2.65. The number of benzene rings is 7. The van der Waals surface area contributed by atoms with Crippen LogP contribution in [0.3, 0.4) is 0 Å². The molecule has 3 heterocycles. The van der Waals surface area contributed by atoms with Crippen LogP contribution in [0.1, 0.15) is 76.0 Å². The van der Waals surface area contributed by atoms with Gasteiger partial charge in [-0.05, 0) is 94.5 Å². The predicted octanol–water partition coefficient (Wildman–Crippen LogP) is 11.0. The average Bonchev–Trinajstić information content (AvgIpc) is 3.22. The molecule has 0 radical (unpaired) electrons.